The average molecular weight is 661 g/mol. The van der Waals surface area contributed by atoms with Gasteiger partial charge in [0.1, 0.15) is 0 Å². The first kappa shape index (κ1) is 30.0. The van der Waals surface area contributed by atoms with Crippen molar-refractivity contribution in [2.75, 3.05) is 0 Å². The van der Waals surface area contributed by atoms with E-state index in [0.29, 0.717) is 5.82 Å². The van der Waals surface area contributed by atoms with E-state index in [1.165, 1.54) is 65.3 Å². The quantitative estimate of drug-likeness (QED) is 0.136. The normalized spacial score (nSPS) is 11.5. The van der Waals surface area contributed by atoms with E-state index in [1.807, 2.05) is 6.07 Å². The highest BCUT2D eigenvalue weighted by Crippen LogP contribution is 2.41. The predicted octanol–water partition coefficient (Wildman–Crippen LogP) is 13.4. The Hall–Kier alpha value is -6.90. The summed E-state index contributed by atoms with van der Waals surface area (Å²) in [6, 6.07) is 69.3. The van der Waals surface area contributed by atoms with Crippen molar-refractivity contribution in [2.24, 2.45) is 0 Å². The molecule has 10 rings (SSSR count). The van der Waals surface area contributed by atoms with Crippen LogP contribution in [0.25, 0.3) is 99.2 Å². The predicted molar refractivity (Wildman–Crippen MR) is 219 cm³/mol. The van der Waals surface area contributed by atoms with Crippen molar-refractivity contribution < 1.29 is 0 Å². The lowest BCUT2D eigenvalue weighted by Gasteiger charge is -2.15. The molecule has 0 fully saturated rings. The summed E-state index contributed by atoms with van der Waals surface area (Å²) in [6.07, 6.45) is 0. The van der Waals surface area contributed by atoms with Gasteiger partial charge in [-0.1, -0.05) is 182 Å². The van der Waals surface area contributed by atoms with E-state index in [9.17, 15) is 0 Å². The zero-order valence-corrected chi connectivity index (χ0v) is 28.4. The Morgan fingerprint density at radius 3 is 1.56 bits per heavy atom. The topological polar surface area (TPSA) is 25.8 Å². The third kappa shape index (κ3) is 5.21. The second-order valence-corrected chi connectivity index (χ2v) is 13.4. The Kier molecular flexibility index (Phi) is 7.18. The Morgan fingerprint density at radius 2 is 0.808 bits per heavy atom. The van der Waals surface area contributed by atoms with Crippen LogP contribution in [0.5, 0.6) is 0 Å². The van der Waals surface area contributed by atoms with Gasteiger partial charge in [0.2, 0.25) is 0 Å². The van der Waals surface area contributed by atoms with E-state index in [1.54, 1.807) is 0 Å². The Labute approximate surface area is 302 Å². The van der Waals surface area contributed by atoms with Crippen molar-refractivity contribution in [3.8, 4) is 56.2 Å². The number of rotatable bonds is 5. The van der Waals surface area contributed by atoms with E-state index in [0.717, 1.165) is 28.1 Å². The highest BCUT2D eigenvalue weighted by atomic mass is 14.9. The van der Waals surface area contributed by atoms with Gasteiger partial charge in [0.25, 0.3) is 0 Å². The summed E-state index contributed by atoms with van der Waals surface area (Å²) in [5, 5.41) is 10.0. The van der Waals surface area contributed by atoms with Crippen LogP contribution < -0.4 is 0 Å². The molecule has 10 aromatic rings. The summed E-state index contributed by atoms with van der Waals surface area (Å²) < 4.78 is 0. The van der Waals surface area contributed by atoms with Gasteiger partial charge in [-0.3, -0.25) is 0 Å². The molecule has 0 amide bonds. The van der Waals surface area contributed by atoms with Crippen LogP contribution in [0.15, 0.2) is 194 Å². The maximum Gasteiger partial charge on any atom is 0.160 e. The van der Waals surface area contributed by atoms with E-state index in [2.05, 4.69) is 188 Å². The number of hydrogen-bond donors (Lipinski definition) is 0. The molecule has 0 aliphatic rings. The summed E-state index contributed by atoms with van der Waals surface area (Å²) in [7, 11) is 0. The number of hydrogen-bond acceptors (Lipinski definition) is 2. The lowest BCUT2D eigenvalue weighted by molar-refractivity contribution is 1.18. The van der Waals surface area contributed by atoms with Crippen molar-refractivity contribution in [3.05, 3.63) is 194 Å². The molecule has 0 bridgehead atoms. The number of benzene rings is 9. The zero-order chi connectivity index (χ0) is 34.4. The van der Waals surface area contributed by atoms with Gasteiger partial charge in [-0.15, -0.1) is 0 Å². The third-order valence-corrected chi connectivity index (χ3v) is 10.3. The number of fused-ring (bicyclic) bond motifs is 5. The van der Waals surface area contributed by atoms with Crippen LogP contribution in [0.3, 0.4) is 0 Å². The van der Waals surface area contributed by atoms with Gasteiger partial charge in [0, 0.05) is 16.7 Å². The second kappa shape index (κ2) is 12.5. The second-order valence-electron chi connectivity index (χ2n) is 13.4. The Balaban J connectivity index is 1.09. The fraction of sp³-hybridized carbons (Fsp3) is 0. The largest absolute Gasteiger partial charge is 0.228 e. The van der Waals surface area contributed by atoms with E-state index >= 15 is 0 Å². The minimum Gasteiger partial charge on any atom is -0.228 e. The summed E-state index contributed by atoms with van der Waals surface area (Å²) in [4.78, 5) is 10.3. The fourth-order valence-corrected chi connectivity index (χ4v) is 7.70. The van der Waals surface area contributed by atoms with Crippen LogP contribution in [-0.2, 0) is 0 Å². The van der Waals surface area contributed by atoms with E-state index in [-0.39, 0.29) is 0 Å². The van der Waals surface area contributed by atoms with Gasteiger partial charge < -0.3 is 0 Å². The summed E-state index contributed by atoms with van der Waals surface area (Å²) in [6.45, 7) is 0. The van der Waals surface area contributed by atoms with Gasteiger partial charge >= 0.3 is 0 Å². The van der Waals surface area contributed by atoms with Crippen LogP contribution in [0.4, 0.5) is 0 Å². The van der Waals surface area contributed by atoms with Gasteiger partial charge in [0.05, 0.1) is 11.4 Å². The van der Waals surface area contributed by atoms with Crippen molar-refractivity contribution in [1.82, 2.24) is 9.97 Å². The molecule has 2 heteroatoms. The van der Waals surface area contributed by atoms with Crippen LogP contribution in [0, 0.1) is 0 Å². The van der Waals surface area contributed by atoms with Crippen molar-refractivity contribution >= 4 is 43.1 Å². The van der Waals surface area contributed by atoms with Gasteiger partial charge in [-0.05, 0) is 77.5 Å². The van der Waals surface area contributed by atoms with Gasteiger partial charge in [-0.2, -0.15) is 0 Å². The first-order valence-corrected chi connectivity index (χ1v) is 17.7. The first-order valence-electron chi connectivity index (χ1n) is 17.7. The molecule has 0 aliphatic carbocycles. The van der Waals surface area contributed by atoms with Crippen molar-refractivity contribution in [1.29, 1.82) is 0 Å². The SMILES string of the molecule is c1ccc(-c2cc(-c3ccc(-c4cccc5ccccc45)cc3)nc(-c3ccc(-c4c5ccccc5cc5ccc6ccccc6c45)cc3)n2)cc1. The lowest BCUT2D eigenvalue weighted by Crippen LogP contribution is -1.96. The lowest BCUT2D eigenvalue weighted by atomic mass is 9.89. The molecule has 0 saturated heterocycles. The molecule has 1 aromatic heterocycles. The highest BCUT2D eigenvalue weighted by molar-refractivity contribution is 6.22. The molecule has 0 radical (unpaired) electrons. The van der Waals surface area contributed by atoms with Gasteiger partial charge in [0.15, 0.2) is 5.82 Å². The minimum absolute atomic E-state index is 0.703. The molecule has 0 unspecified atom stereocenters. The standard InChI is InChI=1S/C50H32N2/c1-2-13-36(14-3-1)46-32-47(37-24-21-35(22-25-37)43-20-10-16-33-11-4-7-17-42(33)43)52-50(51-46)39-28-26-38(27-29-39)48-45-19-9-6-15-40(45)31-41-30-23-34-12-5-8-18-44(34)49(41)48/h1-32H. The number of nitrogens with zero attached hydrogens (tertiary/aromatic N) is 2. The molecular weight excluding hydrogens is 629 g/mol. The van der Waals surface area contributed by atoms with Crippen molar-refractivity contribution in [3.63, 3.8) is 0 Å². The van der Waals surface area contributed by atoms with Crippen molar-refractivity contribution in [2.45, 2.75) is 0 Å². The maximum absolute atomic E-state index is 5.18. The maximum atomic E-state index is 5.18. The Morgan fingerprint density at radius 1 is 0.288 bits per heavy atom. The summed E-state index contributed by atoms with van der Waals surface area (Å²) in [5.74, 6) is 0.703. The van der Waals surface area contributed by atoms with E-state index in [4.69, 9.17) is 9.97 Å². The third-order valence-electron chi connectivity index (χ3n) is 10.3. The monoisotopic (exact) mass is 660 g/mol. The molecule has 1 heterocycles. The smallest absolute Gasteiger partial charge is 0.160 e. The molecule has 9 aromatic carbocycles. The highest BCUT2D eigenvalue weighted by Gasteiger charge is 2.15. The average Bonchev–Trinajstić information content (AvgIpc) is 3.23. The molecule has 0 spiro atoms. The molecular formula is C50H32N2. The molecule has 0 aliphatic heterocycles. The Bertz CT molecular complexity index is 2920. The fourth-order valence-electron chi connectivity index (χ4n) is 7.70. The van der Waals surface area contributed by atoms with Crippen LogP contribution >= 0.6 is 0 Å². The molecule has 0 atom stereocenters. The van der Waals surface area contributed by atoms with E-state index < -0.39 is 0 Å². The zero-order valence-electron chi connectivity index (χ0n) is 28.4. The van der Waals surface area contributed by atoms with Crippen LogP contribution in [0.1, 0.15) is 0 Å². The van der Waals surface area contributed by atoms with Gasteiger partial charge in [-0.25, -0.2) is 9.97 Å². The number of aromatic nitrogens is 2. The summed E-state index contributed by atoms with van der Waals surface area (Å²) >= 11 is 0. The first-order chi connectivity index (χ1) is 25.8. The molecule has 242 valence electrons. The molecule has 52 heavy (non-hydrogen) atoms. The van der Waals surface area contributed by atoms with Crippen LogP contribution in [0.2, 0.25) is 0 Å². The van der Waals surface area contributed by atoms with Crippen LogP contribution in [-0.4, -0.2) is 9.97 Å². The molecule has 2 nitrogen and oxygen atoms in total. The summed E-state index contributed by atoms with van der Waals surface area (Å²) in [5.41, 5.74) is 9.71. The molecule has 0 saturated carbocycles. The minimum atomic E-state index is 0.703. The molecule has 0 N–H and O–H groups in total.